The van der Waals surface area contributed by atoms with Crippen molar-refractivity contribution in [2.24, 2.45) is 5.92 Å². The number of Topliss-reactive ketones (excluding diaryl/α,β-unsaturated/α-hetero) is 2. The van der Waals surface area contributed by atoms with Crippen molar-refractivity contribution in [1.29, 1.82) is 5.26 Å². The number of nitrogens with zero attached hydrogens (tertiary/aromatic N) is 2. The van der Waals surface area contributed by atoms with Gasteiger partial charge in [0.15, 0.2) is 29.1 Å². The number of ketones is 2. The molecule has 0 aliphatic heterocycles. The first-order chi connectivity index (χ1) is 15.5. The van der Waals surface area contributed by atoms with Gasteiger partial charge < -0.3 is 9.40 Å². The number of aromatic nitrogens is 2. The Labute approximate surface area is 189 Å². The van der Waals surface area contributed by atoms with Crippen molar-refractivity contribution in [3.63, 3.8) is 0 Å². The van der Waals surface area contributed by atoms with Crippen LogP contribution in [0.2, 0.25) is 5.02 Å². The van der Waals surface area contributed by atoms with Gasteiger partial charge in [-0.25, -0.2) is 4.98 Å². The summed E-state index contributed by atoms with van der Waals surface area (Å²) < 4.78 is 5.71. The Hall–Kier alpha value is -3.69. The van der Waals surface area contributed by atoms with E-state index >= 15 is 0 Å². The summed E-state index contributed by atoms with van der Waals surface area (Å²) in [7, 11) is 0. The summed E-state index contributed by atoms with van der Waals surface area (Å²) in [6.45, 7) is 2.03. The van der Waals surface area contributed by atoms with Crippen molar-refractivity contribution < 1.29 is 14.0 Å². The predicted octanol–water partition coefficient (Wildman–Crippen LogP) is 5.56. The fourth-order valence-electron chi connectivity index (χ4n) is 3.70. The number of hydrogen-bond acceptors (Lipinski definition) is 5. The molecule has 0 radical (unpaired) electrons. The van der Waals surface area contributed by atoms with E-state index in [0.29, 0.717) is 22.2 Å². The molecule has 0 spiro atoms. The minimum absolute atomic E-state index is 0.0207. The number of benzene rings is 2. The van der Waals surface area contributed by atoms with Gasteiger partial charge in [-0.05, 0) is 36.2 Å². The lowest BCUT2D eigenvalue weighted by Crippen LogP contribution is -2.23. The van der Waals surface area contributed by atoms with Gasteiger partial charge in [0.1, 0.15) is 0 Å². The predicted molar refractivity (Wildman–Crippen MR) is 121 cm³/mol. The van der Waals surface area contributed by atoms with Crippen molar-refractivity contribution in [3.8, 4) is 17.4 Å². The zero-order chi connectivity index (χ0) is 22.7. The first kappa shape index (κ1) is 21.5. The van der Waals surface area contributed by atoms with Crippen LogP contribution in [0.15, 0.2) is 59.3 Å². The SMILES string of the molecule is CCc1cccc2c(C(=O)C(C#N)C(=O)CCc3ncc(-c4ccc(Cl)cc4)o3)c[nH]c12. The molecule has 2 heterocycles. The Balaban J connectivity index is 1.46. The molecule has 6 nitrogen and oxygen atoms in total. The average molecular weight is 446 g/mol. The van der Waals surface area contributed by atoms with Gasteiger partial charge in [-0.3, -0.25) is 9.59 Å². The Kier molecular flexibility index (Phi) is 6.20. The van der Waals surface area contributed by atoms with Crippen LogP contribution in [0, 0.1) is 17.2 Å². The average Bonchev–Trinajstić information content (AvgIpc) is 3.46. The number of nitrogens with one attached hydrogen (secondary N) is 1. The normalized spacial score (nSPS) is 11.9. The maximum absolute atomic E-state index is 13.0. The number of carbonyl (C=O) groups excluding carboxylic acids is 2. The quantitative estimate of drug-likeness (QED) is 0.282. The monoisotopic (exact) mass is 445 g/mol. The molecule has 0 saturated heterocycles. The zero-order valence-electron chi connectivity index (χ0n) is 17.4. The Morgan fingerprint density at radius 2 is 2.00 bits per heavy atom. The number of halogens is 1. The van der Waals surface area contributed by atoms with Crippen LogP contribution in [-0.2, 0) is 17.6 Å². The molecule has 0 aliphatic carbocycles. The third-order valence-electron chi connectivity index (χ3n) is 5.43. The zero-order valence-corrected chi connectivity index (χ0v) is 18.1. The van der Waals surface area contributed by atoms with Gasteiger partial charge in [0, 0.05) is 46.1 Å². The van der Waals surface area contributed by atoms with Crippen LogP contribution < -0.4 is 0 Å². The van der Waals surface area contributed by atoms with Crippen molar-refractivity contribution in [3.05, 3.63) is 76.9 Å². The third-order valence-corrected chi connectivity index (χ3v) is 5.68. The first-order valence-corrected chi connectivity index (χ1v) is 10.7. The van der Waals surface area contributed by atoms with Gasteiger partial charge >= 0.3 is 0 Å². The summed E-state index contributed by atoms with van der Waals surface area (Å²) >= 11 is 5.90. The molecule has 1 atom stereocenters. The molecule has 7 heteroatoms. The minimum atomic E-state index is -1.37. The molecular formula is C25H20ClN3O3. The lowest BCUT2D eigenvalue weighted by molar-refractivity contribution is -0.120. The van der Waals surface area contributed by atoms with E-state index in [1.165, 1.54) is 0 Å². The number of hydrogen-bond donors (Lipinski definition) is 1. The molecule has 160 valence electrons. The van der Waals surface area contributed by atoms with Crippen molar-refractivity contribution >= 4 is 34.1 Å². The second-order valence-corrected chi connectivity index (χ2v) is 7.85. The fraction of sp³-hybridized carbons (Fsp3) is 0.200. The van der Waals surface area contributed by atoms with E-state index < -0.39 is 17.5 Å². The number of aromatic amines is 1. The van der Waals surface area contributed by atoms with Crippen LogP contribution in [-0.4, -0.2) is 21.5 Å². The Morgan fingerprint density at radius 1 is 1.22 bits per heavy atom. The van der Waals surface area contributed by atoms with Crippen LogP contribution in [0.4, 0.5) is 0 Å². The number of para-hydroxylation sites is 1. The lowest BCUT2D eigenvalue weighted by Gasteiger charge is -2.06. The highest BCUT2D eigenvalue weighted by Gasteiger charge is 2.29. The molecule has 1 N–H and O–H groups in total. The number of aryl methyl sites for hydroxylation is 2. The highest BCUT2D eigenvalue weighted by Crippen LogP contribution is 2.26. The smallest absolute Gasteiger partial charge is 0.195 e. The van der Waals surface area contributed by atoms with E-state index in [0.717, 1.165) is 28.5 Å². The Morgan fingerprint density at radius 3 is 2.72 bits per heavy atom. The van der Waals surface area contributed by atoms with Gasteiger partial charge in [-0.2, -0.15) is 5.26 Å². The summed E-state index contributed by atoms with van der Waals surface area (Å²) in [6, 6.07) is 14.7. The van der Waals surface area contributed by atoms with E-state index in [-0.39, 0.29) is 12.8 Å². The molecule has 2 aromatic heterocycles. The third kappa shape index (κ3) is 4.20. The minimum Gasteiger partial charge on any atom is -0.441 e. The summed E-state index contributed by atoms with van der Waals surface area (Å²) in [4.78, 5) is 33.0. The number of nitriles is 1. The molecule has 32 heavy (non-hydrogen) atoms. The highest BCUT2D eigenvalue weighted by molar-refractivity contribution is 6.30. The second-order valence-electron chi connectivity index (χ2n) is 7.41. The number of H-pyrrole nitrogens is 1. The molecule has 0 saturated carbocycles. The largest absolute Gasteiger partial charge is 0.441 e. The molecule has 2 aromatic carbocycles. The van der Waals surface area contributed by atoms with Crippen LogP contribution in [0.1, 0.15) is 35.2 Å². The van der Waals surface area contributed by atoms with Crippen molar-refractivity contribution in [2.45, 2.75) is 26.2 Å². The van der Waals surface area contributed by atoms with Crippen LogP contribution in [0.25, 0.3) is 22.2 Å². The van der Waals surface area contributed by atoms with Crippen LogP contribution >= 0.6 is 11.6 Å². The van der Waals surface area contributed by atoms with Crippen molar-refractivity contribution in [1.82, 2.24) is 9.97 Å². The van der Waals surface area contributed by atoms with Crippen LogP contribution in [0.3, 0.4) is 0 Å². The molecule has 0 amide bonds. The van der Waals surface area contributed by atoms with E-state index in [9.17, 15) is 14.9 Å². The van der Waals surface area contributed by atoms with Gasteiger partial charge in [0.2, 0.25) is 0 Å². The molecule has 1 unspecified atom stereocenters. The van der Waals surface area contributed by atoms with Gasteiger partial charge in [-0.15, -0.1) is 0 Å². The number of oxazole rings is 1. The van der Waals surface area contributed by atoms with Gasteiger partial charge in [0.05, 0.1) is 12.3 Å². The summed E-state index contributed by atoms with van der Waals surface area (Å²) in [6.07, 6.45) is 4.14. The van der Waals surface area contributed by atoms with E-state index in [1.54, 1.807) is 24.5 Å². The molecular weight excluding hydrogens is 426 g/mol. The van der Waals surface area contributed by atoms with Crippen LogP contribution in [0.5, 0.6) is 0 Å². The Bertz CT molecular complexity index is 1330. The first-order valence-electron chi connectivity index (χ1n) is 10.3. The van der Waals surface area contributed by atoms with Gasteiger partial charge in [0.25, 0.3) is 0 Å². The molecule has 0 bridgehead atoms. The molecule has 4 aromatic rings. The molecule has 4 rings (SSSR count). The maximum atomic E-state index is 13.0. The molecule has 0 fully saturated rings. The van der Waals surface area contributed by atoms with E-state index in [4.69, 9.17) is 16.0 Å². The second kappa shape index (κ2) is 9.21. The molecule has 0 aliphatic rings. The van der Waals surface area contributed by atoms with E-state index in [1.807, 2.05) is 43.3 Å². The fourth-order valence-corrected chi connectivity index (χ4v) is 3.82. The summed E-state index contributed by atoms with van der Waals surface area (Å²) in [5, 5.41) is 10.9. The summed E-state index contributed by atoms with van der Waals surface area (Å²) in [5.41, 5.74) is 3.10. The van der Waals surface area contributed by atoms with Crippen molar-refractivity contribution in [2.75, 3.05) is 0 Å². The topological polar surface area (TPSA) is 99.8 Å². The summed E-state index contributed by atoms with van der Waals surface area (Å²) in [5.74, 6) is -1.39. The number of rotatable bonds is 8. The highest BCUT2D eigenvalue weighted by atomic mass is 35.5. The number of fused-ring (bicyclic) bond motifs is 1. The number of carbonyl (C=O) groups is 2. The lowest BCUT2D eigenvalue weighted by atomic mass is 9.92. The van der Waals surface area contributed by atoms with E-state index in [2.05, 4.69) is 9.97 Å². The van der Waals surface area contributed by atoms with Gasteiger partial charge in [-0.1, -0.05) is 36.7 Å². The standard InChI is InChI=1S/C25H20ClN3O3/c1-2-15-4-3-5-18-20(13-29-24(15)18)25(31)19(12-27)21(30)10-11-23-28-14-22(32-23)16-6-8-17(26)9-7-16/h3-9,13-14,19,29H,2,10-11H2,1H3. The maximum Gasteiger partial charge on any atom is 0.195 e.